The summed E-state index contributed by atoms with van der Waals surface area (Å²) in [5.41, 5.74) is 0. The van der Waals surface area contributed by atoms with E-state index in [0.29, 0.717) is 12.6 Å². The summed E-state index contributed by atoms with van der Waals surface area (Å²) in [5, 5.41) is 9.79. The van der Waals surface area contributed by atoms with Crippen LogP contribution in [0.25, 0.3) is 0 Å². The molecule has 5 heteroatoms. The van der Waals surface area contributed by atoms with Gasteiger partial charge in [-0.3, -0.25) is 9.59 Å². The maximum atomic E-state index is 10.4. The summed E-state index contributed by atoms with van der Waals surface area (Å²) in [6.07, 6.45) is -0.0490. The van der Waals surface area contributed by atoms with Crippen LogP contribution >= 0.6 is 0 Å². The van der Waals surface area contributed by atoms with Gasteiger partial charge in [-0.05, 0) is 24.3 Å². The zero-order chi connectivity index (χ0) is 11.5. The first-order valence-corrected chi connectivity index (χ1v) is 4.52. The highest BCUT2D eigenvalue weighted by atomic mass is 16.4. The molecule has 0 atom stereocenters. The van der Waals surface area contributed by atoms with Crippen LogP contribution < -0.4 is 0 Å². The fourth-order valence-corrected chi connectivity index (χ4v) is 1.30. The van der Waals surface area contributed by atoms with Gasteiger partial charge in [-0.2, -0.15) is 0 Å². The minimum Gasteiger partial charge on any atom is -0.455 e. The van der Waals surface area contributed by atoms with E-state index >= 15 is 0 Å². The number of hydrogen-bond acceptors (Lipinski definition) is 5. The standard InChI is InChI=1S/C11H8O5/c12-5-7-1-3-9(15-7)11(14)10-4-2-8(6-13)16-10/h1-6,11,14H. The van der Waals surface area contributed by atoms with Crippen molar-refractivity contribution < 1.29 is 23.5 Å². The van der Waals surface area contributed by atoms with Crippen molar-refractivity contribution in [2.24, 2.45) is 0 Å². The number of aliphatic hydroxyl groups excluding tert-OH is 1. The van der Waals surface area contributed by atoms with E-state index in [0.717, 1.165) is 0 Å². The molecule has 2 rings (SSSR count). The van der Waals surface area contributed by atoms with Gasteiger partial charge in [0.2, 0.25) is 0 Å². The van der Waals surface area contributed by atoms with E-state index in [1.165, 1.54) is 24.3 Å². The first-order valence-electron chi connectivity index (χ1n) is 4.52. The summed E-state index contributed by atoms with van der Waals surface area (Å²) in [6, 6.07) is 5.82. The highest BCUT2D eigenvalue weighted by Crippen LogP contribution is 2.24. The molecule has 0 saturated heterocycles. The highest BCUT2D eigenvalue weighted by Gasteiger charge is 2.18. The monoisotopic (exact) mass is 220 g/mol. The lowest BCUT2D eigenvalue weighted by Crippen LogP contribution is -1.95. The summed E-state index contributed by atoms with van der Waals surface area (Å²) in [6.45, 7) is 0. The molecule has 0 fully saturated rings. The van der Waals surface area contributed by atoms with Crippen LogP contribution in [0.15, 0.2) is 33.1 Å². The van der Waals surface area contributed by atoms with E-state index in [1.54, 1.807) is 0 Å². The largest absolute Gasteiger partial charge is 0.455 e. The molecule has 0 aliphatic heterocycles. The molecular weight excluding hydrogens is 212 g/mol. The molecule has 0 bridgehead atoms. The quantitative estimate of drug-likeness (QED) is 0.791. The molecule has 1 N–H and O–H groups in total. The van der Waals surface area contributed by atoms with Gasteiger partial charge in [-0.1, -0.05) is 0 Å². The smallest absolute Gasteiger partial charge is 0.185 e. The van der Waals surface area contributed by atoms with E-state index in [1.807, 2.05) is 0 Å². The average molecular weight is 220 g/mol. The van der Waals surface area contributed by atoms with Crippen LogP contribution in [0.4, 0.5) is 0 Å². The Hall–Kier alpha value is -2.14. The molecule has 2 aromatic rings. The minimum absolute atomic E-state index is 0.121. The molecule has 82 valence electrons. The Morgan fingerprint density at radius 1 is 0.938 bits per heavy atom. The van der Waals surface area contributed by atoms with Crippen LogP contribution in [0.1, 0.15) is 38.7 Å². The van der Waals surface area contributed by atoms with Gasteiger partial charge in [-0.15, -0.1) is 0 Å². The Labute approximate surface area is 90.3 Å². The average Bonchev–Trinajstić information content (AvgIpc) is 2.97. The molecule has 0 amide bonds. The molecule has 0 aliphatic rings. The summed E-state index contributed by atoms with van der Waals surface area (Å²) >= 11 is 0. The Morgan fingerprint density at radius 3 is 1.69 bits per heavy atom. The second-order valence-electron chi connectivity index (χ2n) is 3.12. The molecule has 0 unspecified atom stereocenters. The number of aldehydes is 2. The lowest BCUT2D eigenvalue weighted by Gasteiger charge is -2.02. The van der Waals surface area contributed by atoms with Crippen LogP contribution in [-0.4, -0.2) is 17.7 Å². The highest BCUT2D eigenvalue weighted by molar-refractivity contribution is 5.71. The van der Waals surface area contributed by atoms with Crippen molar-refractivity contribution in [3.05, 3.63) is 47.3 Å². The van der Waals surface area contributed by atoms with Crippen molar-refractivity contribution in [3.8, 4) is 0 Å². The van der Waals surface area contributed by atoms with Crippen molar-refractivity contribution in [2.75, 3.05) is 0 Å². The van der Waals surface area contributed by atoms with Crippen LogP contribution in [0, 0.1) is 0 Å². The molecule has 0 aliphatic carbocycles. The zero-order valence-corrected chi connectivity index (χ0v) is 8.12. The fourth-order valence-electron chi connectivity index (χ4n) is 1.30. The number of rotatable bonds is 4. The lowest BCUT2D eigenvalue weighted by molar-refractivity contribution is 0.108. The van der Waals surface area contributed by atoms with Crippen LogP contribution in [0.5, 0.6) is 0 Å². The van der Waals surface area contributed by atoms with Crippen molar-refractivity contribution in [3.63, 3.8) is 0 Å². The molecule has 0 saturated carbocycles. The predicted octanol–water partition coefficient (Wildman–Crippen LogP) is 1.58. The maximum absolute atomic E-state index is 10.4. The first kappa shape index (κ1) is 10.4. The van der Waals surface area contributed by atoms with Crippen LogP contribution in [-0.2, 0) is 0 Å². The van der Waals surface area contributed by atoms with Gasteiger partial charge in [0, 0.05) is 0 Å². The van der Waals surface area contributed by atoms with Crippen LogP contribution in [0.3, 0.4) is 0 Å². The number of aliphatic hydroxyl groups is 1. The van der Waals surface area contributed by atoms with E-state index in [2.05, 4.69) is 0 Å². The van der Waals surface area contributed by atoms with E-state index in [4.69, 9.17) is 8.83 Å². The van der Waals surface area contributed by atoms with Crippen molar-refractivity contribution >= 4 is 12.6 Å². The third-order valence-corrected chi connectivity index (χ3v) is 2.07. The first-order chi connectivity index (χ1) is 7.74. The van der Waals surface area contributed by atoms with E-state index < -0.39 is 6.10 Å². The predicted molar refractivity (Wildman–Crippen MR) is 52.3 cm³/mol. The molecule has 0 spiro atoms. The third-order valence-electron chi connectivity index (χ3n) is 2.07. The molecule has 16 heavy (non-hydrogen) atoms. The second kappa shape index (κ2) is 4.16. The molecule has 2 aromatic heterocycles. The number of carbonyl (C=O) groups is 2. The van der Waals surface area contributed by atoms with Gasteiger partial charge >= 0.3 is 0 Å². The van der Waals surface area contributed by atoms with Gasteiger partial charge in [0.1, 0.15) is 11.5 Å². The zero-order valence-electron chi connectivity index (χ0n) is 8.12. The third kappa shape index (κ3) is 1.80. The van der Waals surface area contributed by atoms with Gasteiger partial charge in [0.25, 0.3) is 0 Å². The molecule has 0 aromatic carbocycles. The Balaban J connectivity index is 2.26. The number of furan rings is 2. The summed E-state index contributed by atoms with van der Waals surface area (Å²) in [4.78, 5) is 20.8. The summed E-state index contributed by atoms with van der Waals surface area (Å²) in [5.74, 6) is 0.621. The Bertz CT molecular complexity index is 462. The normalized spacial score (nSPS) is 10.6. The van der Waals surface area contributed by atoms with Crippen molar-refractivity contribution in [2.45, 2.75) is 6.10 Å². The van der Waals surface area contributed by atoms with Gasteiger partial charge in [-0.25, -0.2) is 0 Å². The van der Waals surface area contributed by atoms with E-state index in [9.17, 15) is 14.7 Å². The van der Waals surface area contributed by atoms with Crippen LogP contribution in [0.2, 0.25) is 0 Å². The summed E-state index contributed by atoms with van der Waals surface area (Å²) in [7, 11) is 0. The molecular formula is C11H8O5. The fraction of sp³-hybridized carbons (Fsp3) is 0.0909. The molecule has 5 nitrogen and oxygen atoms in total. The summed E-state index contributed by atoms with van der Waals surface area (Å²) < 4.78 is 10.1. The van der Waals surface area contributed by atoms with E-state index in [-0.39, 0.29) is 23.0 Å². The Kier molecular flexibility index (Phi) is 2.70. The topological polar surface area (TPSA) is 80.6 Å². The van der Waals surface area contributed by atoms with Crippen molar-refractivity contribution in [1.82, 2.24) is 0 Å². The number of carbonyl (C=O) groups excluding carboxylic acids is 2. The maximum Gasteiger partial charge on any atom is 0.185 e. The second-order valence-corrected chi connectivity index (χ2v) is 3.12. The SMILES string of the molecule is O=Cc1ccc(C(O)c2ccc(C=O)o2)o1. The minimum atomic E-state index is -1.12. The molecule has 2 heterocycles. The molecule has 0 radical (unpaired) electrons. The lowest BCUT2D eigenvalue weighted by atomic mass is 10.2. The van der Waals surface area contributed by atoms with Crippen molar-refractivity contribution in [1.29, 1.82) is 0 Å². The van der Waals surface area contributed by atoms with Gasteiger partial charge in [0.05, 0.1) is 0 Å². The number of hydrogen-bond donors (Lipinski definition) is 1. The van der Waals surface area contributed by atoms with Gasteiger partial charge in [0.15, 0.2) is 30.2 Å². The Morgan fingerprint density at radius 2 is 1.38 bits per heavy atom. The van der Waals surface area contributed by atoms with Gasteiger partial charge < -0.3 is 13.9 Å².